The van der Waals surface area contributed by atoms with E-state index in [-0.39, 0.29) is 22.7 Å². The number of hydrogen-bond acceptors (Lipinski definition) is 2. The summed E-state index contributed by atoms with van der Waals surface area (Å²) in [6.45, 7) is 5.86. The third-order valence-corrected chi connectivity index (χ3v) is 3.23. The number of rotatable bonds is 2. The van der Waals surface area contributed by atoms with Gasteiger partial charge in [0.05, 0.1) is 0 Å². The molecule has 18 heavy (non-hydrogen) atoms. The average molecular weight is 300 g/mol. The van der Waals surface area contributed by atoms with Crippen molar-refractivity contribution < 1.29 is 13.2 Å². The van der Waals surface area contributed by atoms with Crippen LogP contribution in [0.15, 0.2) is 29.2 Å². The van der Waals surface area contributed by atoms with E-state index in [1.807, 2.05) is 20.8 Å². The summed E-state index contributed by atoms with van der Waals surface area (Å²) in [5.41, 5.74) is 5.39. The van der Waals surface area contributed by atoms with Crippen LogP contribution in [-0.2, 0) is 0 Å². The zero-order valence-corrected chi connectivity index (χ0v) is 12.0. The fourth-order valence-corrected chi connectivity index (χ4v) is 2.46. The number of hydrogen-bond donors (Lipinski definition) is 1. The third kappa shape index (κ3) is 5.08. The van der Waals surface area contributed by atoms with Crippen molar-refractivity contribution in [2.75, 3.05) is 0 Å². The smallest absolute Gasteiger partial charge is 0.316 e. The number of thioether (sulfide) groups is 1. The molecule has 0 aliphatic rings. The first-order chi connectivity index (χ1) is 7.61. The van der Waals surface area contributed by atoms with Crippen LogP contribution in [0.4, 0.5) is 13.2 Å². The Morgan fingerprint density at radius 2 is 1.61 bits per heavy atom. The van der Waals surface area contributed by atoms with Gasteiger partial charge in [-0.3, -0.25) is 0 Å². The van der Waals surface area contributed by atoms with E-state index < -0.39 is 12.2 Å². The molecule has 1 nitrogen and oxygen atoms in total. The minimum Gasteiger partial charge on any atom is -0.316 e. The molecule has 1 aromatic carbocycles. The van der Waals surface area contributed by atoms with Gasteiger partial charge in [0.15, 0.2) is 0 Å². The summed E-state index contributed by atoms with van der Waals surface area (Å²) >= 11 is 1.39. The van der Waals surface area contributed by atoms with Crippen LogP contribution in [-0.4, -0.2) is 10.9 Å². The molecule has 0 aromatic heterocycles. The Bertz CT molecular complexity index is 388. The molecule has 1 aromatic rings. The van der Waals surface area contributed by atoms with Crippen LogP contribution >= 0.6 is 24.2 Å². The Balaban J connectivity index is 0.00000289. The standard InChI is InChI=1S/C12H16F3NS.ClH/c1-11(2,3)17-9-7-5-4-6-8(9)10(16)12(13,14)15;/h4-7,10H,16H2,1-3H3;1H/t10-;/m0./s1. The van der Waals surface area contributed by atoms with Crippen molar-refractivity contribution in [2.45, 2.75) is 42.6 Å². The monoisotopic (exact) mass is 299 g/mol. The summed E-state index contributed by atoms with van der Waals surface area (Å²) in [5.74, 6) is 0. The van der Waals surface area contributed by atoms with E-state index in [4.69, 9.17) is 5.73 Å². The molecule has 0 spiro atoms. The zero-order chi connectivity index (χ0) is 13.3. The van der Waals surface area contributed by atoms with Gasteiger partial charge in [-0.1, -0.05) is 39.0 Å². The highest BCUT2D eigenvalue weighted by atomic mass is 35.5. The zero-order valence-electron chi connectivity index (χ0n) is 10.4. The number of nitrogens with two attached hydrogens (primary N) is 1. The van der Waals surface area contributed by atoms with Gasteiger partial charge in [0, 0.05) is 9.64 Å². The third-order valence-electron chi connectivity index (χ3n) is 2.02. The van der Waals surface area contributed by atoms with Gasteiger partial charge in [0.2, 0.25) is 0 Å². The van der Waals surface area contributed by atoms with Crippen molar-refractivity contribution >= 4 is 24.2 Å². The second-order valence-corrected chi connectivity index (χ2v) is 6.64. The Morgan fingerprint density at radius 1 is 1.11 bits per heavy atom. The van der Waals surface area contributed by atoms with Gasteiger partial charge in [0.25, 0.3) is 0 Å². The minimum absolute atomic E-state index is 0. The first-order valence-electron chi connectivity index (χ1n) is 5.21. The fraction of sp³-hybridized carbons (Fsp3) is 0.500. The highest BCUT2D eigenvalue weighted by Crippen LogP contribution is 2.39. The van der Waals surface area contributed by atoms with Crippen molar-refractivity contribution in [1.82, 2.24) is 0 Å². The van der Waals surface area contributed by atoms with E-state index in [9.17, 15) is 13.2 Å². The highest BCUT2D eigenvalue weighted by molar-refractivity contribution is 8.00. The summed E-state index contributed by atoms with van der Waals surface area (Å²) in [6.07, 6.45) is -4.41. The average Bonchev–Trinajstić information content (AvgIpc) is 2.13. The van der Waals surface area contributed by atoms with Crippen LogP contribution in [0, 0.1) is 0 Å². The Hall–Kier alpha value is -0.390. The Kier molecular flexibility index (Phi) is 6.04. The van der Waals surface area contributed by atoms with Crippen molar-refractivity contribution in [3.63, 3.8) is 0 Å². The van der Waals surface area contributed by atoms with E-state index in [1.165, 1.54) is 17.8 Å². The van der Waals surface area contributed by atoms with Crippen LogP contribution < -0.4 is 5.73 Å². The van der Waals surface area contributed by atoms with Crippen LogP contribution in [0.2, 0.25) is 0 Å². The molecule has 1 rings (SSSR count). The van der Waals surface area contributed by atoms with Crippen molar-refractivity contribution in [3.05, 3.63) is 29.8 Å². The molecular weight excluding hydrogens is 283 g/mol. The van der Waals surface area contributed by atoms with Gasteiger partial charge in [-0.15, -0.1) is 24.2 Å². The summed E-state index contributed by atoms with van der Waals surface area (Å²) in [4.78, 5) is 0.588. The summed E-state index contributed by atoms with van der Waals surface area (Å²) < 4.78 is 37.7. The van der Waals surface area contributed by atoms with Gasteiger partial charge in [0.1, 0.15) is 6.04 Å². The van der Waals surface area contributed by atoms with E-state index in [0.717, 1.165) is 0 Å². The molecular formula is C12H17ClF3NS. The second kappa shape index (κ2) is 6.17. The lowest BCUT2D eigenvalue weighted by Crippen LogP contribution is -2.29. The van der Waals surface area contributed by atoms with Crippen LogP contribution in [0.3, 0.4) is 0 Å². The SMILES string of the molecule is CC(C)(C)Sc1ccccc1[C@H](N)C(F)(F)F.Cl. The summed E-state index contributed by atoms with van der Waals surface area (Å²) in [7, 11) is 0. The van der Waals surface area contributed by atoms with E-state index in [2.05, 4.69) is 0 Å². The Morgan fingerprint density at radius 3 is 2.06 bits per heavy atom. The van der Waals surface area contributed by atoms with Gasteiger partial charge in [-0.25, -0.2) is 0 Å². The van der Waals surface area contributed by atoms with E-state index in [0.29, 0.717) is 4.90 Å². The molecule has 0 heterocycles. The summed E-state index contributed by atoms with van der Waals surface area (Å²) in [6, 6.07) is 4.49. The molecule has 6 heteroatoms. The summed E-state index contributed by atoms with van der Waals surface area (Å²) in [5, 5.41) is 0. The maximum atomic E-state index is 12.6. The predicted molar refractivity (Wildman–Crippen MR) is 72.3 cm³/mol. The molecule has 0 amide bonds. The Labute approximate surface area is 116 Å². The molecule has 2 N–H and O–H groups in total. The quantitative estimate of drug-likeness (QED) is 0.810. The normalized spacial score (nSPS) is 13.9. The second-order valence-electron chi connectivity index (χ2n) is 4.77. The first-order valence-corrected chi connectivity index (χ1v) is 6.03. The largest absolute Gasteiger partial charge is 0.407 e. The molecule has 0 saturated carbocycles. The molecule has 0 aliphatic heterocycles. The van der Waals surface area contributed by atoms with Crippen LogP contribution in [0.1, 0.15) is 32.4 Å². The number of halogens is 4. The van der Waals surface area contributed by atoms with Gasteiger partial charge < -0.3 is 5.73 Å². The maximum Gasteiger partial charge on any atom is 0.407 e. The van der Waals surface area contributed by atoms with Gasteiger partial charge >= 0.3 is 6.18 Å². The molecule has 0 saturated heterocycles. The minimum atomic E-state index is -4.41. The lowest BCUT2D eigenvalue weighted by molar-refractivity contribution is -0.149. The van der Waals surface area contributed by atoms with Gasteiger partial charge in [-0.2, -0.15) is 13.2 Å². The van der Waals surface area contributed by atoms with Gasteiger partial charge in [-0.05, 0) is 11.6 Å². The van der Waals surface area contributed by atoms with Crippen molar-refractivity contribution in [1.29, 1.82) is 0 Å². The predicted octanol–water partition coefficient (Wildman–Crippen LogP) is 4.56. The lowest BCUT2D eigenvalue weighted by Gasteiger charge is -2.23. The van der Waals surface area contributed by atoms with E-state index in [1.54, 1.807) is 18.2 Å². The highest BCUT2D eigenvalue weighted by Gasteiger charge is 2.39. The lowest BCUT2D eigenvalue weighted by atomic mass is 10.1. The topological polar surface area (TPSA) is 26.0 Å². The molecule has 1 atom stereocenters. The molecule has 0 radical (unpaired) electrons. The number of alkyl halides is 3. The van der Waals surface area contributed by atoms with Crippen molar-refractivity contribution in [3.8, 4) is 0 Å². The van der Waals surface area contributed by atoms with Crippen LogP contribution in [0.25, 0.3) is 0 Å². The number of benzene rings is 1. The van der Waals surface area contributed by atoms with Crippen molar-refractivity contribution in [2.24, 2.45) is 5.73 Å². The maximum absolute atomic E-state index is 12.6. The molecule has 0 bridgehead atoms. The van der Waals surface area contributed by atoms with E-state index >= 15 is 0 Å². The molecule has 104 valence electrons. The first kappa shape index (κ1) is 17.6. The molecule has 0 unspecified atom stereocenters. The fourth-order valence-electron chi connectivity index (χ4n) is 1.34. The molecule has 0 aliphatic carbocycles. The molecule has 0 fully saturated rings. The van der Waals surface area contributed by atoms with Crippen LogP contribution in [0.5, 0.6) is 0 Å².